The van der Waals surface area contributed by atoms with Crippen LogP contribution in [0.2, 0.25) is 0 Å². The summed E-state index contributed by atoms with van der Waals surface area (Å²) in [5.41, 5.74) is 0.792. The second-order valence-corrected chi connectivity index (χ2v) is 6.18. The van der Waals surface area contributed by atoms with Crippen molar-refractivity contribution in [1.29, 1.82) is 0 Å². The third kappa shape index (κ3) is 2.93. The van der Waals surface area contributed by atoms with Crippen LogP contribution in [0.3, 0.4) is 0 Å². The van der Waals surface area contributed by atoms with Crippen LogP contribution in [0.4, 0.5) is 0 Å². The zero-order valence-corrected chi connectivity index (χ0v) is 13.5. The van der Waals surface area contributed by atoms with Crippen molar-refractivity contribution in [1.82, 2.24) is 0 Å². The molecule has 3 aromatic carbocycles. The summed E-state index contributed by atoms with van der Waals surface area (Å²) in [4.78, 5) is 12.8. The van der Waals surface area contributed by atoms with E-state index in [1.165, 1.54) is 5.39 Å². The molecular formula is C21H20O3. The Morgan fingerprint density at radius 2 is 1.58 bits per heavy atom. The van der Waals surface area contributed by atoms with Gasteiger partial charge in [-0.3, -0.25) is 4.79 Å². The highest BCUT2D eigenvalue weighted by molar-refractivity contribution is 6.17. The van der Waals surface area contributed by atoms with Crippen LogP contribution in [-0.2, 0) is 9.47 Å². The van der Waals surface area contributed by atoms with E-state index in [9.17, 15) is 4.79 Å². The Morgan fingerprint density at radius 1 is 0.917 bits per heavy atom. The third-order valence-corrected chi connectivity index (χ3v) is 4.57. The van der Waals surface area contributed by atoms with Crippen molar-refractivity contribution in [2.45, 2.75) is 25.6 Å². The lowest BCUT2D eigenvalue weighted by Gasteiger charge is -2.22. The monoisotopic (exact) mass is 320 g/mol. The molecule has 1 heterocycles. The summed E-state index contributed by atoms with van der Waals surface area (Å²) in [6.07, 6.45) is 1.74. The van der Waals surface area contributed by atoms with E-state index in [4.69, 9.17) is 9.47 Å². The molecular weight excluding hydrogens is 300 g/mol. The first-order chi connectivity index (χ1) is 11.8. The zero-order valence-electron chi connectivity index (χ0n) is 13.5. The summed E-state index contributed by atoms with van der Waals surface area (Å²) in [5, 5.41) is 4.43. The van der Waals surface area contributed by atoms with Gasteiger partial charge in [-0.25, -0.2) is 0 Å². The van der Waals surface area contributed by atoms with E-state index in [0.29, 0.717) is 12.8 Å². The fourth-order valence-electron chi connectivity index (χ4n) is 3.37. The lowest BCUT2D eigenvalue weighted by atomic mass is 9.94. The molecule has 1 fully saturated rings. The second-order valence-electron chi connectivity index (χ2n) is 6.18. The Bertz CT molecular complexity index is 879. The summed E-state index contributed by atoms with van der Waals surface area (Å²) in [7, 11) is 0. The average Bonchev–Trinajstić information content (AvgIpc) is 2.66. The summed E-state index contributed by atoms with van der Waals surface area (Å²) in [6, 6.07) is 18.4. The first-order valence-electron chi connectivity index (χ1n) is 8.50. The molecule has 3 aromatic rings. The van der Waals surface area contributed by atoms with Gasteiger partial charge in [0.1, 0.15) is 0 Å². The molecule has 0 unspecified atom stereocenters. The van der Waals surface area contributed by atoms with Crippen LogP contribution in [0.1, 0.15) is 29.6 Å². The van der Waals surface area contributed by atoms with Gasteiger partial charge in [0.2, 0.25) is 0 Å². The number of ketones is 1. The van der Waals surface area contributed by atoms with Crippen molar-refractivity contribution >= 4 is 27.3 Å². The van der Waals surface area contributed by atoms with Gasteiger partial charge < -0.3 is 9.47 Å². The molecule has 0 bridgehead atoms. The molecule has 0 atom stereocenters. The van der Waals surface area contributed by atoms with Crippen LogP contribution in [0, 0.1) is 0 Å². The number of hydrogen-bond acceptors (Lipinski definition) is 3. The van der Waals surface area contributed by atoms with Crippen LogP contribution in [0.15, 0.2) is 54.6 Å². The van der Waals surface area contributed by atoms with Crippen LogP contribution in [0.25, 0.3) is 21.5 Å². The maximum atomic E-state index is 12.8. The van der Waals surface area contributed by atoms with Gasteiger partial charge in [-0.05, 0) is 34.0 Å². The summed E-state index contributed by atoms with van der Waals surface area (Å²) in [5.74, 6) is 0.148. The highest BCUT2D eigenvalue weighted by atomic mass is 16.7. The molecule has 24 heavy (non-hydrogen) atoms. The lowest BCUT2D eigenvalue weighted by molar-refractivity contribution is -0.180. The van der Waals surface area contributed by atoms with Crippen molar-refractivity contribution in [3.05, 3.63) is 60.2 Å². The molecule has 4 rings (SSSR count). The van der Waals surface area contributed by atoms with E-state index in [-0.39, 0.29) is 12.1 Å². The van der Waals surface area contributed by atoms with Crippen LogP contribution < -0.4 is 0 Å². The molecule has 1 aliphatic heterocycles. The van der Waals surface area contributed by atoms with Gasteiger partial charge in [0.05, 0.1) is 13.2 Å². The highest BCUT2D eigenvalue weighted by Crippen LogP contribution is 2.29. The maximum absolute atomic E-state index is 12.8. The van der Waals surface area contributed by atoms with Gasteiger partial charge in [-0.15, -0.1) is 0 Å². The van der Waals surface area contributed by atoms with Crippen LogP contribution in [0.5, 0.6) is 0 Å². The standard InChI is InChI=1S/C21H20O3/c22-20(10-11-21-23-12-5-13-24-21)19-14-15-6-1-2-7-16(15)17-8-3-4-9-18(17)19/h1-4,6-9,14,21H,5,10-13H2. The van der Waals surface area contributed by atoms with Gasteiger partial charge in [-0.1, -0.05) is 48.5 Å². The predicted octanol–water partition coefficient (Wildman–Crippen LogP) is 4.72. The fraction of sp³-hybridized carbons (Fsp3) is 0.286. The first kappa shape index (κ1) is 15.3. The zero-order chi connectivity index (χ0) is 16.4. The number of Topliss-reactive ketones (excluding diaryl/α,β-unsaturated/α-hetero) is 1. The van der Waals surface area contributed by atoms with E-state index in [1.54, 1.807) is 0 Å². The molecule has 122 valence electrons. The number of rotatable bonds is 4. The molecule has 1 saturated heterocycles. The largest absolute Gasteiger partial charge is 0.353 e. The minimum atomic E-state index is -0.241. The van der Waals surface area contributed by atoms with Gasteiger partial charge in [0.15, 0.2) is 12.1 Å². The van der Waals surface area contributed by atoms with Crippen LogP contribution in [-0.4, -0.2) is 25.3 Å². The Balaban J connectivity index is 1.67. The Kier molecular flexibility index (Phi) is 4.28. The second kappa shape index (κ2) is 6.71. The molecule has 0 saturated carbocycles. The molecule has 0 aromatic heterocycles. The number of carbonyl (C=O) groups excluding carboxylic acids is 1. The number of carbonyl (C=O) groups is 1. The Labute approximate surface area is 141 Å². The Morgan fingerprint density at radius 3 is 2.38 bits per heavy atom. The number of ether oxygens (including phenoxy) is 2. The van der Waals surface area contributed by atoms with Crippen molar-refractivity contribution in [2.75, 3.05) is 13.2 Å². The Hall–Kier alpha value is -2.23. The number of benzene rings is 3. The van der Waals surface area contributed by atoms with E-state index in [1.807, 2.05) is 36.4 Å². The smallest absolute Gasteiger partial charge is 0.163 e. The molecule has 3 heteroatoms. The van der Waals surface area contributed by atoms with Gasteiger partial charge >= 0.3 is 0 Å². The van der Waals surface area contributed by atoms with E-state index in [0.717, 1.165) is 41.4 Å². The third-order valence-electron chi connectivity index (χ3n) is 4.57. The topological polar surface area (TPSA) is 35.5 Å². The minimum absolute atomic E-state index is 0.148. The quantitative estimate of drug-likeness (QED) is 0.515. The normalized spacial score (nSPS) is 15.8. The molecule has 0 spiro atoms. The predicted molar refractivity (Wildman–Crippen MR) is 95.3 cm³/mol. The maximum Gasteiger partial charge on any atom is 0.163 e. The molecule has 0 aliphatic carbocycles. The van der Waals surface area contributed by atoms with Crippen molar-refractivity contribution in [3.63, 3.8) is 0 Å². The van der Waals surface area contributed by atoms with Gasteiger partial charge in [0.25, 0.3) is 0 Å². The summed E-state index contributed by atoms with van der Waals surface area (Å²) >= 11 is 0. The van der Waals surface area contributed by atoms with Crippen molar-refractivity contribution in [3.8, 4) is 0 Å². The van der Waals surface area contributed by atoms with E-state index in [2.05, 4.69) is 18.2 Å². The number of hydrogen-bond donors (Lipinski definition) is 0. The van der Waals surface area contributed by atoms with Gasteiger partial charge in [-0.2, -0.15) is 0 Å². The minimum Gasteiger partial charge on any atom is -0.353 e. The lowest BCUT2D eigenvalue weighted by Crippen LogP contribution is -2.25. The van der Waals surface area contributed by atoms with E-state index >= 15 is 0 Å². The summed E-state index contributed by atoms with van der Waals surface area (Å²) in [6.45, 7) is 1.44. The molecule has 0 amide bonds. The summed E-state index contributed by atoms with van der Waals surface area (Å²) < 4.78 is 11.1. The number of fused-ring (bicyclic) bond motifs is 3. The SMILES string of the molecule is O=C(CCC1OCCCO1)c1cc2ccccc2c2ccccc12. The molecule has 0 N–H and O–H groups in total. The average molecular weight is 320 g/mol. The first-order valence-corrected chi connectivity index (χ1v) is 8.50. The fourth-order valence-corrected chi connectivity index (χ4v) is 3.37. The van der Waals surface area contributed by atoms with Crippen LogP contribution >= 0.6 is 0 Å². The van der Waals surface area contributed by atoms with Crippen molar-refractivity contribution < 1.29 is 14.3 Å². The van der Waals surface area contributed by atoms with Gasteiger partial charge in [0, 0.05) is 18.4 Å². The molecule has 3 nitrogen and oxygen atoms in total. The van der Waals surface area contributed by atoms with E-state index < -0.39 is 0 Å². The highest BCUT2D eigenvalue weighted by Gasteiger charge is 2.18. The molecule has 0 radical (unpaired) electrons. The van der Waals surface area contributed by atoms with Crippen molar-refractivity contribution in [2.24, 2.45) is 0 Å². The molecule has 1 aliphatic rings.